The third kappa shape index (κ3) is 7.11. The molecular formula is C23H29ClO5S. The summed E-state index contributed by atoms with van der Waals surface area (Å²) in [5.74, 6) is -0.837. The number of benzene rings is 2. The van der Waals surface area contributed by atoms with Crippen molar-refractivity contribution in [2.45, 2.75) is 50.3 Å². The molecule has 2 aromatic carbocycles. The predicted molar refractivity (Wildman–Crippen MR) is 118 cm³/mol. The fourth-order valence-corrected chi connectivity index (χ4v) is 4.24. The minimum Gasteiger partial charge on any atom is -0.466 e. The van der Waals surface area contributed by atoms with Crippen LogP contribution in [0.15, 0.2) is 59.5 Å². The SMILES string of the molecule is CCOC(=O)C(CC(Cl)c1ccc(S(=O)(=O)OCC(C)(C)C)cc1)c1ccccc1. The summed E-state index contributed by atoms with van der Waals surface area (Å²) >= 11 is 6.59. The molecular weight excluding hydrogens is 424 g/mol. The van der Waals surface area contributed by atoms with Crippen LogP contribution < -0.4 is 0 Å². The predicted octanol–water partition coefficient (Wildman–Crippen LogP) is 5.45. The summed E-state index contributed by atoms with van der Waals surface area (Å²) < 4.78 is 35.1. The summed E-state index contributed by atoms with van der Waals surface area (Å²) in [6, 6.07) is 15.6. The minimum atomic E-state index is -3.84. The van der Waals surface area contributed by atoms with Crippen LogP contribution in [0.1, 0.15) is 56.5 Å². The van der Waals surface area contributed by atoms with Crippen LogP contribution in [0, 0.1) is 5.41 Å². The lowest BCUT2D eigenvalue weighted by molar-refractivity contribution is -0.145. The second-order valence-corrected chi connectivity index (χ2v) is 10.4. The minimum absolute atomic E-state index is 0.0735. The summed E-state index contributed by atoms with van der Waals surface area (Å²) in [6.45, 7) is 7.84. The van der Waals surface area contributed by atoms with E-state index in [0.717, 1.165) is 11.1 Å². The Morgan fingerprint density at radius 2 is 1.60 bits per heavy atom. The van der Waals surface area contributed by atoms with Gasteiger partial charge < -0.3 is 4.74 Å². The van der Waals surface area contributed by atoms with Crippen molar-refractivity contribution in [3.05, 3.63) is 65.7 Å². The molecule has 0 aliphatic carbocycles. The molecule has 0 radical (unpaired) electrons. The Labute approximate surface area is 184 Å². The fraction of sp³-hybridized carbons (Fsp3) is 0.435. The number of hydrogen-bond donors (Lipinski definition) is 0. The van der Waals surface area contributed by atoms with Crippen LogP contribution in [-0.2, 0) is 23.8 Å². The van der Waals surface area contributed by atoms with Gasteiger partial charge in [-0.2, -0.15) is 8.42 Å². The largest absolute Gasteiger partial charge is 0.466 e. The average molecular weight is 453 g/mol. The van der Waals surface area contributed by atoms with Crippen molar-refractivity contribution >= 4 is 27.7 Å². The third-order valence-electron chi connectivity index (χ3n) is 4.39. The topological polar surface area (TPSA) is 69.7 Å². The van der Waals surface area contributed by atoms with E-state index in [1.54, 1.807) is 19.1 Å². The van der Waals surface area contributed by atoms with Gasteiger partial charge in [0.05, 0.1) is 29.4 Å². The smallest absolute Gasteiger partial charge is 0.313 e. The van der Waals surface area contributed by atoms with Gasteiger partial charge >= 0.3 is 5.97 Å². The van der Waals surface area contributed by atoms with Crippen LogP contribution in [0.25, 0.3) is 0 Å². The number of halogens is 1. The molecule has 5 nitrogen and oxygen atoms in total. The second-order valence-electron chi connectivity index (χ2n) is 8.26. The van der Waals surface area contributed by atoms with Crippen LogP contribution in [-0.4, -0.2) is 27.6 Å². The maximum absolute atomic E-state index is 12.5. The Bertz CT molecular complexity index is 918. The average Bonchev–Trinajstić information content (AvgIpc) is 2.71. The first kappa shape index (κ1) is 24.4. The Morgan fingerprint density at radius 3 is 2.13 bits per heavy atom. The number of ether oxygens (including phenoxy) is 1. The lowest BCUT2D eigenvalue weighted by Gasteiger charge is -2.20. The Balaban J connectivity index is 2.15. The van der Waals surface area contributed by atoms with Gasteiger partial charge in [-0.25, -0.2) is 0 Å². The van der Waals surface area contributed by atoms with Crippen LogP contribution in [0.5, 0.6) is 0 Å². The zero-order valence-corrected chi connectivity index (χ0v) is 19.4. The van der Waals surface area contributed by atoms with E-state index in [0.29, 0.717) is 6.42 Å². The van der Waals surface area contributed by atoms with Gasteiger partial charge in [-0.15, -0.1) is 11.6 Å². The highest BCUT2D eigenvalue weighted by Crippen LogP contribution is 2.34. The maximum Gasteiger partial charge on any atom is 0.313 e. The van der Waals surface area contributed by atoms with Crippen molar-refractivity contribution in [1.82, 2.24) is 0 Å². The van der Waals surface area contributed by atoms with Gasteiger partial charge in [0.2, 0.25) is 0 Å². The number of hydrogen-bond acceptors (Lipinski definition) is 5. The molecule has 0 bridgehead atoms. The molecule has 2 rings (SSSR count). The number of rotatable bonds is 9. The molecule has 0 saturated heterocycles. The van der Waals surface area contributed by atoms with Crippen LogP contribution in [0.3, 0.4) is 0 Å². The lowest BCUT2D eigenvalue weighted by Crippen LogP contribution is -2.19. The normalized spacial score (nSPS) is 14.2. The maximum atomic E-state index is 12.5. The van der Waals surface area contributed by atoms with Crippen LogP contribution >= 0.6 is 11.6 Å². The van der Waals surface area contributed by atoms with E-state index < -0.39 is 21.4 Å². The molecule has 2 aromatic rings. The number of esters is 1. The summed E-state index contributed by atoms with van der Waals surface area (Å²) in [5.41, 5.74) is 1.28. The van der Waals surface area contributed by atoms with Crippen LogP contribution in [0.2, 0.25) is 0 Å². The molecule has 30 heavy (non-hydrogen) atoms. The van der Waals surface area contributed by atoms with Crippen molar-refractivity contribution in [2.75, 3.05) is 13.2 Å². The summed E-state index contributed by atoms with van der Waals surface area (Å²) in [5, 5.41) is -0.494. The van der Waals surface area contributed by atoms with Crippen molar-refractivity contribution < 1.29 is 22.1 Å². The molecule has 0 saturated carbocycles. The summed E-state index contributed by atoms with van der Waals surface area (Å²) in [4.78, 5) is 12.5. The van der Waals surface area contributed by atoms with Gasteiger partial charge in [-0.1, -0.05) is 63.2 Å². The van der Waals surface area contributed by atoms with E-state index in [1.807, 2.05) is 51.1 Å². The van der Waals surface area contributed by atoms with E-state index in [-0.39, 0.29) is 29.5 Å². The molecule has 164 valence electrons. The highest BCUT2D eigenvalue weighted by atomic mass is 35.5. The monoisotopic (exact) mass is 452 g/mol. The second kappa shape index (κ2) is 10.4. The van der Waals surface area contributed by atoms with Gasteiger partial charge in [-0.05, 0) is 42.0 Å². The van der Waals surface area contributed by atoms with E-state index in [4.69, 9.17) is 20.5 Å². The van der Waals surface area contributed by atoms with Crippen molar-refractivity contribution in [2.24, 2.45) is 5.41 Å². The standard InChI is InChI=1S/C23H29ClO5S/c1-5-28-22(25)20(17-9-7-6-8-10-17)15-21(24)18-11-13-19(14-12-18)30(26,27)29-16-23(2,3)4/h6-14,20-21H,5,15-16H2,1-4H3. The fourth-order valence-electron chi connectivity index (χ4n) is 2.81. The zero-order valence-electron chi connectivity index (χ0n) is 17.8. The quantitative estimate of drug-likeness (QED) is 0.287. The van der Waals surface area contributed by atoms with E-state index in [2.05, 4.69) is 0 Å². The van der Waals surface area contributed by atoms with Gasteiger partial charge in [0.15, 0.2) is 0 Å². The van der Waals surface area contributed by atoms with Crippen molar-refractivity contribution in [1.29, 1.82) is 0 Å². The highest BCUT2D eigenvalue weighted by molar-refractivity contribution is 7.86. The molecule has 0 N–H and O–H groups in total. The lowest BCUT2D eigenvalue weighted by atomic mass is 9.92. The van der Waals surface area contributed by atoms with Gasteiger partial charge in [0, 0.05) is 0 Å². The van der Waals surface area contributed by atoms with Gasteiger partial charge in [0.25, 0.3) is 10.1 Å². The van der Waals surface area contributed by atoms with Gasteiger partial charge in [0.1, 0.15) is 0 Å². The molecule has 0 aliphatic rings. The Morgan fingerprint density at radius 1 is 1.00 bits per heavy atom. The molecule has 0 fully saturated rings. The summed E-state index contributed by atoms with van der Waals surface area (Å²) in [6.07, 6.45) is 0.330. The Hall–Kier alpha value is -1.89. The molecule has 0 aromatic heterocycles. The number of alkyl halides is 1. The van der Waals surface area contributed by atoms with Crippen molar-refractivity contribution in [3.63, 3.8) is 0 Å². The van der Waals surface area contributed by atoms with E-state index >= 15 is 0 Å². The van der Waals surface area contributed by atoms with Gasteiger partial charge in [-0.3, -0.25) is 8.98 Å². The molecule has 2 atom stereocenters. The first-order chi connectivity index (χ1) is 14.0. The first-order valence-corrected chi connectivity index (χ1v) is 11.7. The molecule has 0 aliphatic heterocycles. The van der Waals surface area contributed by atoms with Crippen LogP contribution in [0.4, 0.5) is 0 Å². The summed E-state index contributed by atoms with van der Waals surface area (Å²) in [7, 11) is -3.84. The molecule has 0 spiro atoms. The molecule has 0 heterocycles. The zero-order chi connectivity index (χ0) is 22.4. The Kier molecular flexibility index (Phi) is 8.47. The molecule has 7 heteroatoms. The number of carbonyl (C=O) groups excluding carboxylic acids is 1. The molecule has 2 unspecified atom stereocenters. The number of carbonyl (C=O) groups is 1. The highest BCUT2D eigenvalue weighted by Gasteiger charge is 2.26. The van der Waals surface area contributed by atoms with E-state index in [1.165, 1.54) is 12.1 Å². The molecule has 0 amide bonds. The van der Waals surface area contributed by atoms with Crippen molar-refractivity contribution in [3.8, 4) is 0 Å². The first-order valence-electron chi connectivity index (χ1n) is 9.88. The third-order valence-corrected chi connectivity index (χ3v) is 6.10. The van der Waals surface area contributed by atoms with E-state index in [9.17, 15) is 13.2 Å².